The summed E-state index contributed by atoms with van der Waals surface area (Å²) in [6.45, 7) is 1.86. The van der Waals surface area contributed by atoms with E-state index in [1.165, 1.54) is 24.6 Å². The molecule has 0 saturated carbocycles. The van der Waals surface area contributed by atoms with Crippen molar-refractivity contribution in [1.29, 1.82) is 5.26 Å². The number of aromatic nitrogens is 1. The van der Waals surface area contributed by atoms with Crippen LogP contribution in [-0.2, 0) is 6.54 Å². The SMILES string of the molecule is CCn1c(-c2ccc(N3CCCC3)cc2)c(C#N)c2ccc(OC(F)F)cc21. The second-order valence-corrected chi connectivity index (χ2v) is 6.88. The smallest absolute Gasteiger partial charge is 0.387 e. The fourth-order valence-corrected chi connectivity index (χ4v) is 4.05. The van der Waals surface area contributed by atoms with Gasteiger partial charge in [-0.25, -0.2) is 0 Å². The molecule has 144 valence electrons. The minimum absolute atomic E-state index is 0.0927. The highest BCUT2D eigenvalue weighted by atomic mass is 19.3. The van der Waals surface area contributed by atoms with E-state index >= 15 is 0 Å². The lowest BCUT2D eigenvalue weighted by atomic mass is 10.1. The predicted molar refractivity (Wildman–Crippen MR) is 106 cm³/mol. The van der Waals surface area contributed by atoms with Crippen molar-refractivity contribution in [2.24, 2.45) is 0 Å². The number of halogens is 2. The number of alkyl halides is 2. The molecule has 6 heteroatoms. The summed E-state index contributed by atoms with van der Waals surface area (Å²) < 4.78 is 31.7. The molecule has 4 rings (SSSR count). The Balaban J connectivity index is 1.82. The number of rotatable bonds is 5. The summed E-state index contributed by atoms with van der Waals surface area (Å²) in [5.41, 5.74) is 4.20. The molecular formula is C22H21F2N3O. The van der Waals surface area contributed by atoms with Crippen LogP contribution in [0.25, 0.3) is 22.2 Å². The molecule has 0 bridgehead atoms. The Kier molecular flexibility index (Phi) is 4.91. The quantitative estimate of drug-likeness (QED) is 0.594. The number of nitriles is 1. The van der Waals surface area contributed by atoms with Crippen LogP contribution in [0.5, 0.6) is 5.75 Å². The normalized spacial score (nSPS) is 14.0. The van der Waals surface area contributed by atoms with Gasteiger partial charge in [0.2, 0.25) is 0 Å². The molecule has 28 heavy (non-hydrogen) atoms. The molecule has 3 aromatic rings. The summed E-state index contributed by atoms with van der Waals surface area (Å²) in [6.07, 6.45) is 2.43. The van der Waals surface area contributed by atoms with Crippen molar-refractivity contribution in [2.45, 2.75) is 32.9 Å². The minimum atomic E-state index is -2.88. The maximum absolute atomic E-state index is 12.6. The van der Waals surface area contributed by atoms with Crippen LogP contribution < -0.4 is 9.64 Å². The topological polar surface area (TPSA) is 41.2 Å². The highest BCUT2D eigenvalue weighted by molar-refractivity contribution is 5.95. The summed E-state index contributed by atoms with van der Waals surface area (Å²) in [7, 11) is 0. The van der Waals surface area contributed by atoms with Crippen LogP contribution in [-0.4, -0.2) is 24.3 Å². The van der Waals surface area contributed by atoms with Crippen molar-refractivity contribution in [2.75, 3.05) is 18.0 Å². The third-order valence-corrected chi connectivity index (χ3v) is 5.30. The van der Waals surface area contributed by atoms with Gasteiger partial charge >= 0.3 is 6.61 Å². The number of hydrogen-bond acceptors (Lipinski definition) is 3. The summed E-state index contributed by atoms with van der Waals surface area (Å²) in [5, 5.41) is 10.5. The van der Waals surface area contributed by atoms with Gasteiger partial charge in [0, 0.05) is 36.8 Å². The number of nitrogens with zero attached hydrogens (tertiary/aromatic N) is 3. The molecule has 0 atom stereocenters. The molecule has 0 aliphatic carbocycles. The molecule has 2 heterocycles. The van der Waals surface area contributed by atoms with Gasteiger partial charge in [0.25, 0.3) is 0 Å². The van der Waals surface area contributed by atoms with Crippen molar-refractivity contribution in [1.82, 2.24) is 4.57 Å². The average Bonchev–Trinajstić information content (AvgIpc) is 3.33. The number of anilines is 1. The van der Waals surface area contributed by atoms with E-state index in [-0.39, 0.29) is 5.75 Å². The van der Waals surface area contributed by atoms with Gasteiger partial charge in [-0.15, -0.1) is 0 Å². The third kappa shape index (κ3) is 3.18. The van der Waals surface area contributed by atoms with Gasteiger partial charge in [-0.05, 0) is 49.6 Å². The minimum Gasteiger partial charge on any atom is -0.435 e. The van der Waals surface area contributed by atoms with E-state index in [1.807, 2.05) is 23.6 Å². The Labute approximate surface area is 162 Å². The second kappa shape index (κ2) is 7.51. The van der Waals surface area contributed by atoms with E-state index in [0.29, 0.717) is 12.1 Å². The van der Waals surface area contributed by atoms with Crippen molar-refractivity contribution in [3.8, 4) is 23.1 Å². The van der Waals surface area contributed by atoms with Crippen LogP contribution >= 0.6 is 0 Å². The number of fused-ring (bicyclic) bond motifs is 1. The molecule has 0 spiro atoms. The zero-order chi connectivity index (χ0) is 19.7. The van der Waals surface area contributed by atoms with E-state index in [4.69, 9.17) is 0 Å². The van der Waals surface area contributed by atoms with Gasteiger partial charge < -0.3 is 14.2 Å². The standard InChI is InChI=1S/C22H21F2N3O/c1-2-27-20-13-17(28-22(23)24)9-10-18(20)19(14-25)21(27)15-5-7-16(8-6-15)26-11-3-4-12-26/h5-10,13,22H,2-4,11-12H2,1H3. The first-order valence-electron chi connectivity index (χ1n) is 9.49. The summed E-state index contributed by atoms with van der Waals surface area (Å²) in [4.78, 5) is 2.36. The Morgan fingerprint density at radius 1 is 1.11 bits per heavy atom. The first-order chi connectivity index (χ1) is 13.6. The molecular weight excluding hydrogens is 360 g/mol. The molecule has 0 amide bonds. The average molecular weight is 381 g/mol. The van der Waals surface area contributed by atoms with Crippen molar-refractivity contribution < 1.29 is 13.5 Å². The lowest BCUT2D eigenvalue weighted by Gasteiger charge is -2.18. The molecule has 1 aliphatic heterocycles. The lowest BCUT2D eigenvalue weighted by molar-refractivity contribution is -0.0497. The highest BCUT2D eigenvalue weighted by Crippen LogP contribution is 2.36. The van der Waals surface area contributed by atoms with Gasteiger partial charge in [0.1, 0.15) is 11.8 Å². The van der Waals surface area contributed by atoms with E-state index in [2.05, 4.69) is 27.8 Å². The Bertz CT molecular complexity index is 1030. The van der Waals surface area contributed by atoms with E-state index in [0.717, 1.165) is 35.2 Å². The van der Waals surface area contributed by atoms with Gasteiger partial charge in [0.05, 0.1) is 16.8 Å². The number of ether oxygens (including phenoxy) is 1. The van der Waals surface area contributed by atoms with Gasteiger partial charge in [-0.1, -0.05) is 12.1 Å². The highest BCUT2D eigenvalue weighted by Gasteiger charge is 2.20. The van der Waals surface area contributed by atoms with Gasteiger partial charge in [0.15, 0.2) is 0 Å². The number of hydrogen-bond donors (Lipinski definition) is 0. The van der Waals surface area contributed by atoms with Crippen molar-refractivity contribution >= 4 is 16.6 Å². The van der Waals surface area contributed by atoms with E-state index in [1.54, 1.807) is 12.1 Å². The molecule has 1 aliphatic rings. The number of aryl methyl sites for hydroxylation is 1. The second-order valence-electron chi connectivity index (χ2n) is 6.88. The molecule has 0 N–H and O–H groups in total. The zero-order valence-electron chi connectivity index (χ0n) is 15.7. The molecule has 1 saturated heterocycles. The van der Waals surface area contributed by atoms with Gasteiger partial charge in [-0.3, -0.25) is 0 Å². The molecule has 2 aromatic carbocycles. The van der Waals surface area contributed by atoms with Crippen LogP contribution in [0.4, 0.5) is 14.5 Å². The Morgan fingerprint density at radius 3 is 2.43 bits per heavy atom. The Hall–Kier alpha value is -3.07. The molecule has 0 radical (unpaired) electrons. The lowest BCUT2D eigenvalue weighted by Crippen LogP contribution is -2.17. The van der Waals surface area contributed by atoms with Gasteiger partial charge in [-0.2, -0.15) is 14.0 Å². The zero-order valence-corrected chi connectivity index (χ0v) is 15.7. The first-order valence-corrected chi connectivity index (χ1v) is 9.49. The summed E-state index contributed by atoms with van der Waals surface area (Å²) >= 11 is 0. The Morgan fingerprint density at radius 2 is 1.82 bits per heavy atom. The maximum atomic E-state index is 12.6. The van der Waals surface area contributed by atoms with Crippen LogP contribution in [0.3, 0.4) is 0 Å². The van der Waals surface area contributed by atoms with Crippen molar-refractivity contribution in [3.63, 3.8) is 0 Å². The largest absolute Gasteiger partial charge is 0.435 e. The van der Waals surface area contributed by atoms with Crippen LogP contribution in [0.2, 0.25) is 0 Å². The third-order valence-electron chi connectivity index (χ3n) is 5.30. The number of benzene rings is 2. The fraction of sp³-hybridized carbons (Fsp3) is 0.318. The summed E-state index contributed by atoms with van der Waals surface area (Å²) in [5.74, 6) is 0.0927. The molecule has 1 fully saturated rings. The van der Waals surface area contributed by atoms with Crippen LogP contribution in [0.15, 0.2) is 42.5 Å². The van der Waals surface area contributed by atoms with Crippen LogP contribution in [0, 0.1) is 11.3 Å². The van der Waals surface area contributed by atoms with Crippen LogP contribution in [0.1, 0.15) is 25.3 Å². The van der Waals surface area contributed by atoms with Crippen molar-refractivity contribution in [3.05, 3.63) is 48.0 Å². The monoisotopic (exact) mass is 381 g/mol. The van der Waals surface area contributed by atoms with E-state index in [9.17, 15) is 14.0 Å². The first kappa shape index (κ1) is 18.3. The van der Waals surface area contributed by atoms with E-state index < -0.39 is 6.61 Å². The maximum Gasteiger partial charge on any atom is 0.387 e. The molecule has 4 nitrogen and oxygen atoms in total. The predicted octanol–water partition coefficient (Wildman–Crippen LogP) is 5.40. The molecule has 0 unspecified atom stereocenters. The fourth-order valence-electron chi connectivity index (χ4n) is 4.05. The molecule has 1 aromatic heterocycles. The summed E-state index contributed by atoms with van der Waals surface area (Å²) in [6, 6.07) is 15.3.